The zero-order chi connectivity index (χ0) is 24.6. The SMILES string of the molecule is CCCn1c2ccccc2c2nnc(SCC(=O)NC(CSCc3ccccc3)C(=O)OC)nc21. The summed E-state index contributed by atoms with van der Waals surface area (Å²) < 4.78 is 7.02. The third-order valence-electron chi connectivity index (χ3n) is 5.35. The summed E-state index contributed by atoms with van der Waals surface area (Å²) in [5.41, 5.74) is 3.74. The van der Waals surface area contributed by atoms with E-state index in [-0.39, 0.29) is 11.7 Å². The molecule has 0 saturated heterocycles. The van der Waals surface area contributed by atoms with Gasteiger partial charge in [-0.25, -0.2) is 9.78 Å². The van der Waals surface area contributed by atoms with Gasteiger partial charge in [0, 0.05) is 23.4 Å². The Balaban J connectivity index is 1.39. The molecule has 0 spiro atoms. The van der Waals surface area contributed by atoms with E-state index in [0.717, 1.165) is 46.3 Å². The van der Waals surface area contributed by atoms with Crippen LogP contribution in [0.4, 0.5) is 0 Å². The molecule has 8 nitrogen and oxygen atoms in total. The Hall–Kier alpha value is -3.11. The minimum Gasteiger partial charge on any atom is -0.467 e. The molecule has 1 unspecified atom stereocenters. The van der Waals surface area contributed by atoms with Gasteiger partial charge in [-0.3, -0.25) is 4.79 Å². The number of benzene rings is 2. The van der Waals surface area contributed by atoms with Crippen molar-refractivity contribution in [2.24, 2.45) is 0 Å². The maximum absolute atomic E-state index is 12.6. The van der Waals surface area contributed by atoms with Crippen LogP contribution in [0.1, 0.15) is 18.9 Å². The maximum Gasteiger partial charge on any atom is 0.329 e. The average Bonchev–Trinajstić information content (AvgIpc) is 3.20. The van der Waals surface area contributed by atoms with Crippen molar-refractivity contribution in [2.75, 3.05) is 18.6 Å². The van der Waals surface area contributed by atoms with Crippen LogP contribution in [0, 0.1) is 0 Å². The molecule has 0 aliphatic heterocycles. The predicted molar refractivity (Wildman–Crippen MR) is 140 cm³/mol. The monoisotopic (exact) mass is 509 g/mol. The van der Waals surface area contributed by atoms with Gasteiger partial charge in [-0.1, -0.05) is 67.2 Å². The summed E-state index contributed by atoms with van der Waals surface area (Å²) in [5, 5.41) is 12.8. The van der Waals surface area contributed by atoms with E-state index in [0.29, 0.717) is 10.9 Å². The van der Waals surface area contributed by atoms with Gasteiger partial charge in [-0.05, 0) is 18.1 Å². The number of nitrogens with zero attached hydrogens (tertiary/aromatic N) is 4. The van der Waals surface area contributed by atoms with E-state index < -0.39 is 12.0 Å². The molecule has 1 atom stereocenters. The first-order chi connectivity index (χ1) is 17.1. The second-order valence-corrected chi connectivity index (χ2v) is 9.84. The Bertz CT molecular complexity index is 1310. The number of carbonyl (C=O) groups is 2. The van der Waals surface area contributed by atoms with E-state index >= 15 is 0 Å². The molecule has 4 aromatic rings. The molecule has 2 heterocycles. The molecule has 0 fully saturated rings. The summed E-state index contributed by atoms with van der Waals surface area (Å²) in [4.78, 5) is 29.5. The van der Waals surface area contributed by atoms with Crippen molar-refractivity contribution in [2.45, 2.75) is 36.8 Å². The van der Waals surface area contributed by atoms with Gasteiger partial charge in [-0.2, -0.15) is 11.8 Å². The maximum atomic E-state index is 12.6. The number of aryl methyl sites for hydroxylation is 1. The van der Waals surface area contributed by atoms with Gasteiger partial charge in [0.25, 0.3) is 0 Å². The summed E-state index contributed by atoms with van der Waals surface area (Å²) in [6.45, 7) is 2.93. The van der Waals surface area contributed by atoms with Crippen LogP contribution in [0.3, 0.4) is 0 Å². The number of hydrogen-bond acceptors (Lipinski definition) is 8. The molecule has 182 valence electrons. The van der Waals surface area contributed by atoms with Crippen molar-refractivity contribution in [1.82, 2.24) is 25.1 Å². The van der Waals surface area contributed by atoms with Crippen LogP contribution in [0.15, 0.2) is 59.8 Å². The first kappa shape index (κ1) is 25.0. The number of nitrogens with one attached hydrogen (secondary N) is 1. The molecule has 35 heavy (non-hydrogen) atoms. The average molecular weight is 510 g/mol. The van der Waals surface area contributed by atoms with Crippen LogP contribution < -0.4 is 5.32 Å². The van der Waals surface area contributed by atoms with Gasteiger partial charge in [0.2, 0.25) is 11.1 Å². The number of aromatic nitrogens is 4. The Labute approximate surface area is 212 Å². The van der Waals surface area contributed by atoms with Gasteiger partial charge >= 0.3 is 5.97 Å². The number of thioether (sulfide) groups is 2. The summed E-state index contributed by atoms with van der Waals surface area (Å²) in [6.07, 6.45) is 0.958. The summed E-state index contributed by atoms with van der Waals surface area (Å²) in [6, 6.07) is 17.3. The second-order valence-electron chi connectivity index (χ2n) is 7.87. The molecular formula is C25H27N5O3S2. The van der Waals surface area contributed by atoms with Crippen LogP contribution in [0.5, 0.6) is 0 Å². The molecule has 2 aromatic heterocycles. The highest BCUT2D eigenvalue weighted by atomic mass is 32.2. The van der Waals surface area contributed by atoms with Crippen molar-refractivity contribution in [3.63, 3.8) is 0 Å². The lowest BCUT2D eigenvalue weighted by Crippen LogP contribution is -2.44. The topological polar surface area (TPSA) is 99.0 Å². The van der Waals surface area contributed by atoms with Crippen LogP contribution in [-0.4, -0.2) is 56.3 Å². The number of fused-ring (bicyclic) bond motifs is 3. The first-order valence-corrected chi connectivity index (χ1v) is 13.5. The fourth-order valence-corrected chi connectivity index (χ4v) is 5.34. The summed E-state index contributed by atoms with van der Waals surface area (Å²) in [5.74, 6) is 0.470. The highest BCUT2D eigenvalue weighted by Gasteiger charge is 2.22. The number of rotatable bonds is 11. The number of carbonyl (C=O) groups excluding carboxylic acids is 2. The lowest BCUT2D eigenvalue weighted by atomic mass is 10.2. The van der Waals surface area contributed by atoms with Crippen LogP contribution >= 0.6 is 23.5 Å². The Kier molecular flexibility index (Phi) is 8.59. The van der Waals surface area contributed by atoms with Gasteiger partial charge in [-0.15, -0.1) is 10.2 Å². The summed E-state index contributed by atoms with van der Waals surface area (Å²) >= 11 is 2.76. The predicted octanol–water partition coefficient (Wildman–Crippen LogP) is 4.07. The van der Waals surface area contributed by atoms with E-state index in [2.05, 4.69) is 33.1 Å². The van der Waals surface area contributed by atoms with E-state index in [9.17, 15) is 9.59 Å². The van der Waals surface area contributed by atoms with Crippen LogP contribution in [0.25, 0.3) is 22.1 Å². The number of methoxy groups -OCH3 is 1. The lowest BCUT2D eigenvalue weighted by molar-refractivity contribution is -0.144. The Morgan fingerprint density at radius 1 is 1.09 bits per heavy atom. The summed E-state index contributed by atoms with van der Waals surface area (Å²) in [7, 11) is 1.32. The smallest absolute Gasteiger partial charge is 0.329 e. The highest BCUT2D eigenvalue weighted by Crippen LogP contribution is 2.27. The van der Waals surface area contributed by atoms with Crippen LogP contribution in [0.2, 0.25) is 0 Å². The number of esters is 1. The quantitative estimate of drug-likeness (QED) is 0.239. The van der Waals surface area contributed by atoms with E-state index in [1.807, 2.05) is 48.5 Å². The van der Waals surface area contributed by atoms with Crippen LogP contribution in [-0.2, 0) is 26.6 Å². The molecular weight excluding hydrogens is 482 g/mol. The molecule has 2 aromatic carbocycles. The fourth-order valence-electron chi connectivity index (χ4n) is 3.75. The minimum atomic E-state index is -0.726. The third kappa shape index (κ3) is 6.12. The molecule has 0 radical (unpaired) electrons. The van der Waals surface area contributed by atoms with E-state index in [4.69, 9.17) is 9.72 Å². The molecule has 10 heteroatoms. The van der Waals surface area contributed by atoms with Gasteiger partial charge in [0.1, 0.15) is 11.6 Å². The number of amides is 1. The normalized spacial score (nSPS) is 12.1. The molecule has 0 aliphatic rings. The van der Waals surface area contributed by atoms with E-state index in [1.54, 1.807) is 11.8 Å². The van der Waals surface area contributed by atoms with Gasteiger partial charge in [0.15, 0.2) is 5.65 Å². The number of ether oxygens (including phenoxy) is 1. The standard InChI is InChI=1S/C25H27N5O3S2/c1-3-13-30-20-12-8-7-11-18(20)22-23(30)27-25(29-28-22)35-16-21(31)26-19(24(32)33-2)15-34-14-17-9-5-4-6-10-17/h4-12,19H,3,13-16H2,1-2H3,(H,26,31). The van der Waals surface area contributed by atoms with E-state index in [1.165, 1.54) is 18.9 Å². The van der Waals surface area contributed by atoms with Crippen molar-refractivity contribution in [3.8, 4) is 0 Å². The lowest BCUT2D eigenvalue weighted by Gasteiger charge is -2.16. The highest BCUT2D eigenvalue weighted by molar-refractivity contribution is 7.99. The molecule has 0 saturated carbocycles. The first-order valence-electron chi connectivity index (χ1n) is 11.3. The Morgan fingerprint density at radius 3 is 2.63 bits per heavy atom. The molecule has 4 rings (SSSR count). The zero-order valence-electron chi connectivity index (χ0n) is 19.6. The van der Waals surface area contributed by atoms with Gasteiger partial charge in [0.05, 0.1) is 18.4 Å². The zero-order valence-corrected chi connectivity index (χ0v) is 21.3. The second kappa shape index (κ2) is 12.0. The largest absolute Gasteiger partial charge is 0.467 e. The molecule has 1 N–H and O–H groups in total. The number of hydrogen-bond donors (Lipinski definition) is 1. The fraction of sp³-hybridized carbons (Fsp3) is 0.320. The number of para-hydroxylation sites is 1. The van der Waals surface area contributed by atoms with Crippen molar-refractivity contribution < 1.29 is 14.3 Å². The molecule has 1 amide bonds. The minimum absolute atomic E-state index is 0.0675. The van der Waals surface area contributed by atoms with Crippen molar-refractivity contribution >= 4 is 57.5 Å². The third-order valence-corrected chi connectivity index (χ3v) is 7.30. The molecule has 0 bridgehead atoms. The Morgan fingerprint density at radius 2 is 1.86 bits per heavy atom. The van der Waals surface area contributed by atoms with Gasteiger partial charge < -0.3 is 14.6 Å². The van der Waals surface area contributed by atoms with Crippen molar-refractivity contribution in [3.05, 3.63) is 60.2 Å². The molecule has 0 aliphatic carbocycles. The van der Waals surface area contributed by atoms with Crippen molar-refractivity contribution in [1.29, 1.82) is 0 Å².